The second kappa shape index (κ2) is 6.56. The van der Waals surface area contributed by atoms with E-state index in [2.05, 4.69) is 0 Å². The van der Waals surface area contributed by atoms with Gasteiger partial charge >= 0.3 is 29.6 Å². The Labute approximate surface area is 99.4 Å². The van der Waals surface area contributed by atoms with E-state index in [1.807, 2.05) is 0 Å². The van der Waals surface area contributed by atoms with Crippen molar-refractivity contribution in [2.75, 3.05) is 0 Å². The number of allylic oxidation sites excluding steroid dienone is 1. The molecule has 0 aliphatic rings. The van der Waals surface area contributed by atoms with Crippen molar-refractivity contribution in [2.45, 2.75) is 19.8 Å². The van der Waals surface area contributed by atoms with Crippen molar-refractivity contribution in [2.24, 2.45) is 5.73 Å². The molecule has 13 heavy (non-hydrogen) atoms. The molecule has 0 aliphatic carbocycles. The molecular weight excluding hydrogens is 205 g/mol. The first-order valence-electron chi connectivity index (χ1n) is 3.37. The summed E-state index contributed by atoms with van der Waals surface area (Å²) in [6.45, 7) is 1.80. The number of unbranched alkanes of at least 4 members (excludes halogenated alkanes) is 1. The Morgan fingerprint density at radius 2 is 2.00 bits per heavy atom. The van der Waals surface area contributed by atoms with E-state index in [1.54, 1.807) is 6.92 Å². The van der Waals surface area contributed by atoms with E-state index in [4.69, 9.17) is 10.3 Å². The van der Waals surface area contributed by atoms with Gasteiger partial charge in [0.1, 0.15) is 0 Å². The zero-order valence-corrected chi connectivity index (χ0v) is 7.47. The second-order valence-electron chi connectivity index (χ2n) is 2.20. The van der Waals surface area contributed by atoms with Crippen molar-refractivity contribution < 1.29 is 17.8 Å². The molecule has 7 heteroatoms. The van der Waals surface area contributed by atoms with Crippen LogP contribution in [0.3, 0.4) is 0 Å². The molecule has 0 aromatic carbocycles. The number of amides is 1. The number of carbonyl (C=O) groups excluding carboxylic acids is 1. The Morgan fingerprint density at radius 3 is 2.23 bits per heavy atom. The molecule has 0 radical (unpaired) electrons. The number of hydrogen-bond acceptors (Lipinski definition) is 3. The average molecular weight is 217 g/mol. The number of nitrogens with two attached hydrogens (primary N) is 1. The predicted molar refractivity (Wildman–Crippen MR) is 50.9 cm³/mol. The number of carbonyl (C=O) groups is 1. The van der Waals surface area contributed by atoms with Crippen molar-refractivity contribution in [3.63, 3.8) is 0 Å². The Kier molecular flexibility index (Phi) is 7.86. The van der Waals surface area contributed by atoms with E-state index in [0.29, 0.717) is 12.8 Å². The summed E-state index contributed by atoms with van der Waals surface area (Å²) in [6.07, 6.45) is 2.17. The standard InChI is InChI=1S/C6H11NO4S.Na.H/c1-2-3-4-5(6(7)8)12(9,10)11;;/h4H,2-3H2,1H3,(H2,7,8)(H,9,10,11);;/b5-4+;;. The van der Waals surface area contributed by atoms with Gasteiger partial charge in [-0.3, -0.25) is 9.35 Å². The fraction of sp³-hybridized carbons (Fsp3) is 0.500. The third kappa shape index (κ3) is 6.23. The first kappa shape index (κ1) is 15.6. The molecule has 0 fully saturated rings. The van der Waals surface area contributed by atoms with Crippen LogP contribution in [0.25, 0.3) is 0 Å². The molecule has 0 aliphatic heterocycles. The summed E-state index contributed by atoms with van der Waals surface area (Å²) in [7, 11) is -4.45. The van der Waals surface area contributed by atoms with Crippen molar-refractivity contribution >= 4 is 45.6 Å². The summed E-state index contributed by atoms with van der Waals surface area (Å²) in [5.41, 5.74) is 4.72. The van der Waals surface area contributed by atoms with E-state index in [1.165, 1.54) is 0 Å². The molecule has 1 amide bonds. The first-order chi connectivity index (χ1) is 5.39. The maximum absolute atomic E-state index is 10.5. The van der Waals surface area contributed by atoms with E-state index in [0.717, 1.165) is 6.08 Å². The quantitative estimate of drug-likeness (QED) is 0.373. The van der Waals surface area contributed by atoms with Crippen LogP contribution in [-0.2, 0) is 14.9 Å². The Bertz CT molecular complexity index is 296. The molecular formula is C6H12NNaO4S. The third-order valence-electron chi connectivity index (χ3n) is 1.14. The zero-order valence-electron chi connectivity index (χ0n) is 6.65. The molecule has 0 atom stereocenters. The van der Waals surface area contributed by atoms with Crippen LogP contribution in [0.2, 0.25) is 0 Å². The van der Waals surface area contributed by atoms with Crippen LogP contribution >= 0.6 is 0 Å². The fourth-order valence-corrected chi connectivity index (χ4v) is 1.19. The summed E-state index contributed by atoms with van der Waals surface area (Å²) < 4.78 is 29.4. The van der Waals surface area contributed by atoms with Gasteiger partial charge in [-0.15, -0.1) is 0 Å². The summed E-state index contributed by atoms with van der Waals surface area (Å²) in [5, 5.41) is 0. The van der Waals surface area contributed by atoms with E-state index in [9.17, 15) is 13.2 Å². The SMILES string of the molecule is CCC/C=C(\C(N)=O)S(=O)(=O)O.[NaH]. The van der Waals surface area contributed by atoms with Crippen molar-refractivity contribution in [1.29, 1.82) is 0 Å². The Morgan fingerprint density at radius 1 is 1.54 bits per heavy atom. The fourth-order valence-electron chi connectivity index (χ4n) is 0.608. The molecule has 0 heterocycles. The number of hydrogen-bond donors (Lipinski definition) is 2. The molecule has 72 valence electrons. The van der Waals surface area contributed by atoms with Crippen LogP contribution in [-0.4, -0.2) is 48.4 Å². The molecule has 0 bridgehead atoms. The summed E-state index contributed by atoms with van der Waals surface area (Å²) in [6, 6.07) is 0. The van der Waals surface area contributed by atoms with Crippen LogP contribution in [0.5, 0.6) is 0 Å². The molecule has 0 spiro atoms. The normalized spacial score (nSPS) is 12.0. The molecule has 0 unspecified atom stereocenters. The van der Waals surface area contributed by atoms with Gasteiger partial charge in [-0.25, -0.2) is 0 Å². The van der Waals surface area contributed by atoms with Gasteiger partial charge in [-0.2, -0.15) is 8.42 Å². The minimum atomic E-state index is -4.45. The summed E-state index contributed by atoms with van der Waals surface area (Å²) in [4.78, 5) is 9.73. The van der Waals surface area contributed by atoms with Gasteiger partial charge in [-0.1, -0.05) is 19.4 Å². The third-order valence-corrected chi connectivity index (χ3v) is 2.06. The minimum absolute atomic E-state index is 0. The van der Waals surface area contributed by atoms with Crippen LogP contribution in [0.4, 0.5) is 0 Å². The van der Waals surface area contributed by atoms with Gasteiger partial charge in [0.2, 0.25) is 0 Å². The predicted octanol–water partition coefficient (Wildman–Crippen LogP) is -0.605. The molecule has 5 nitrogen and oxygen atoms in total. The maximum atomic E-state index is 10.5. The van der Waals surface area contributed by atoms with Gasteiger partial charge in [0.25, 0.3) is 16.0 Å². The van der Waals surface area contributed by atoms with Gasteiger partial charge in [0.15, 0.2) is 4.91 Å². The number of rotatable bonds is 4. The van der Waals surface area contributed by atoms with E-state index < -0.39 is 20.9 Å². The monoisotopic (exact) mass is 217 g/mol. The topological polar surface area (TPSA) is 97.5 Å². The summed E-state index contributed by atoms with van der Waals surface area (Å²) >= 11 is 0. The Balaban J connectivity index is 0. The first-order valence-corrected chi connectivity index (χ1v) is 4.81. The summed E-state index contributed by atoms with van der Waals surface area (Å²) in [5.74, 6) is -1.13. The van der Waals surface area contributed by atoms with Crippen LogP contribution in [0, 0.1) is 0 Å². The van der Waals surface area contributed by atoms with Gasteiger partial charge < -0.3 is 5.73 Å². The molecule has 0 aromatic rings. The molecule has 0 saturated carbocycles. The van der Waals surface area contributed by atoms with Crippen LogP contribution in [0.15, 0.2) is 11.0 Å². The number of primary amides is 1. The van der Waals surface area contributed by atoms with Gasteiger partial charge in [0.05, 0.1) is 0 Å². The van der Waals surface area contributed by atoms with Crippen molar-refractivity contribution in [1.82, 2.24) is 0 Å². The van der Waals surface area contributed by atoms with Gasteiger partial charge in [-0.05, 0) is 6.42 Å². The second-order valence-corrected chi connectivity index (χ2v) is 3.59. The van der Waals surface area contributed by atoms with Crippen molar-refractivity contribution in [3.8, 4) is 0 Å². The van der Waals surface area contributed by atoms with Crippen LogP contribution < -0.4 is 5.73 Å². The molecule has 0 rings (SSSR count). The van der Waals surface area contributed by atoms with E-state index >= 15 is 0 Å². The Hall–Kier alpha value is 0.120. The molecule has 0 saturated heterocycles. The van der Waals surface area contributed by atoms with Crippen molar-refractivity contribution in [3.05, 3.63) is 11.0 Å². The molecule has 0 aromatic heterocycles. The zero-order chi connectivity index (χ0) is 9.78. The van der Waals surface area contributed by atoms with Gasteiger partial charge in [0, 0.05) is 0 Å². The molecule has 3 N–H and O–H groups in total. The average Bonchev–Trinajstić information content (AvgIpc) is 1.84. The van der Waals surface area contributed by atoms with E-state index in [-0.39, 0.29) is 29.6 Å². The van der Waals surface area contributed by atoms with Crippen LogP contribution in [0.1, 0.15) is 19.8 Å².